The molecule has 1 aromatic heterocycles. The summed E-state index contributed by atoms with van der Waals surface area (Å²) in [5.74, 6) is -1.18. The Morgan fingerprint density at radius 1 is 1.02 bits per heavy atom. The molecule has 0 saturated heterocycles. The average Bonchev–Trinajstić information content (AvgIpc) is 3.53. The van der Waals surface area contributed by atoms with Gasteiger partial charge in [0, 0.05) is 5.56 Å². The highest BCUT2D eigenvalue weighted by atomic mass is 31.2. The second-order valence-electron chi connectivity index (χ2n) is 10.3. The summed E-state index contributed by atoms with van der Waals surface area (Å²) in [6, 6.07) is 16.1. The summed E-state index contributed by atoms with van der Waals surface area (Å²) in [5.41, 5.74) is 1.35. The largest absolute Gasteiger partial charge is 0.493 e. The fourth-order valence-corrected chi connectivity index (χ4v) is 5.59. The van der Waals surface area contributed by atoms with E-state index in [1.165, 1.54) is 29.3 Å². The molecule has 3 aromatic rings. The van der Waals surface area contributed by atoms with Crippen LogP contribution in [0.1, 0.15) is 69.0 Å². The molecule has 1 heterocycles. The fraction of sp³-hybridized carbons (Fsp3) is 0.406. The zero-order valence-corrected chi connectivity index (χ0v) is 26.7. The maximum absolute atomic E-state index is 13.4. The minimum absolute atomic E-state index is 0.0194. The summed E-state index contributed by atoms with van der Waals surface area (Å²) < 4.78 is 22.9. The molecule has 0 unspecified atom stereocenters. The third kappa shape index (κ3) is 10.3. The summed E-state index contributed by atoms with van der Waals surface area (Å²) in [4.78, 5) is 63.2. The predicted octanol–water partition coefficient (Wildman–Crippen LogP) is 4.52. The molecule has 0 aliphatic heterocycles. The Labute approximate surface area is 263 Å². The van der Waals surface area contributed by atoms with Gasteiger partial charge in [0.2, 0.25) is 12.3 Å². The molecule has 13 heteroatoms. The van der Waals surface area contributed by atoms with Crippen LogP contribution in [0.3, 0.4) is 0 Å². The zero-order chi connectivity index (χ0) is 32.8. The highest BCUT2D eigenvalue weighted by Crippen LogP contribution is 2.39. The monoisotopic (exact) mass is 643 g/mol. The zero-order valence-electron chi connectivity index (χ0n) is 25.8. The molecule has 0 spiro atoms. The first-order chi connectivity index (χ1) is 21.6. The van der Waals surface area contributed by atoms with Crippen molar-refractivity contribution in [2.45, 2.75) is 65.5 Å². The molecule has 244 valence electrons. The highest BCUT2D eigenvalue weighted by molar-refractivity contribution is 7.60. The van der Waals surface area contributed by atoms with Crippen LogP contribution in [0.2, 0.25) is 0 Å². The minimum atomic E-state index is -4.56. The van der Waals surface area contributed by atoms with Crippen LogP contribution in [0.4, 0.5) is 0 Å². The van der Waals surface area contributed by atoms with Crippen molar-refractivity contribution in [3.05, 3.63) is 72.0 Å². The topological polar surface area (TPSA) is 168 Å². The van der Waals surface area contributed by atoms with Crippen molar-refractivity contribution in [1.29, 1.82) is 0 Å². The first kappa shape index (κ1) is 35.5. The number of hydrogen-bond acceptors (Lipinski definition) is 7. The number of carbonyl (C=O) groups excluding carboxylic acids is 3. The van der Waals surface area contributed by atoms with E-state index in [4.69, 9.17) is 14.0 Å². The number of amides is 3. The quantitative estimate of drug-likeness (QED) is 0.0483. The third-order valence-electron chi connectivity index (χ3n) is 7.19. The van der Waals surface area contributed by atoms with Crippen LogP contribution < -0.4 is 20.7 Å². The van der Waals surface area contributed by atoms with Crippen LogP contribution in [-0.2, 0) is 25.6 Å². The smallest absolute Gasteiger partial charge is 0.359 e. The first-order valence-electron chi connectivity index (χ1n) is 15.0. The van der Waals surface area contributed by atoms with Gasteiger partial charge in [0.25, 0.3) is 5.91 Å². The molecular formula is C32H42N3O9P. The molecular weight excluding hydrogens is 601 g/mol. The molecule has 0 saturated carbocycles. The lowest BCUT2D eigenvalue weighted by atomic mass is 9.90. The molecule has 4 N–H and O–H groups in total. The number of nitrogens with one attached hydrogen (secondary N) is 2. The van der Waals surface area contributed by atoms with Crippen molar-refractivity contribution in [1.82, 2.24) is 15.7 Å². The van der Waals surface area contributed by atoms with Crippen molar-refractivity contribution in [2.75, 3.05) is 13.3 Å². The Balaban J connectivity index is 1.65. The van der Waals surface area contributed by atoms with Crippen molar-refractivity contribution in [3.63, 3.8) is 0 Å². The van der Waals surface area contributed by atoms with Gasteiger partial charge < -0.3 is 29.6 Å². The first-order valence-corrected chi connectivity index (χ1v) is 16.6. The van der Waals surface area contributed by atoms with E-state index in [1.807, 2.05) is 37.3 Å². The van der Waals surface area contributed by atoms with Gasteiger partial charge in [-0.2, -0.15) is 0 Å². The van der Waals surface area contributed by atoms with Gasteiger partial charge in [-0.3, -0.25) is 23.8 Å². The minimum Gasteiger partial charge on any atom is -0.493 e. The standard InChI is InChI=1S/C32H42N3O9P/c1-4-7-9-14-25(26(5-2)35(22-36)43-20-23-12-10-8-11-13-23)31(37)33-21-34-32(38)28-17-16-27(44-28)24-15-18-30(45(39,40)41)29(19-24)42-6-3/h8,10-13,15-19,22,25-26H,4-7,9,14,20-21H2,1-3H3,(H,33,37)(H,34,38)(H2,39,40,41)/t25-,26-/m1/s1. The van der Waals surface area contributed by atoms with E-state index in [-0.39, 0.29) is 48.4 Å². The summed E-state index contributed by atoms with van der Waals surface area (Å²) in [6.45, 7) is 5.85. The van der Waals surface area contributed by atoms with Gasteiger partial charge in [-0.1, -0.05) is 69.5 Å². The number of hydroxylamine groups is 2. The number of rotatable bonds is 19. The van der Waals surface area contributed by atoms with Gasteiger partial charge in [-0.05, 0) is 49.6 Å². The van der Waals surface area contributed by atoms with Gasteiger partial charge in [0.05, 0.1) is 25.2 Å². The number of ether oxygens (including phenoxy) is 1. The molecule has 0 bridgehead atoms. The summed E-state index contributed by atoms with van der Waals surface area (Å²) >= 11 is 0. The van der Waals surface area contributed by atoms with Crippen LogP contribution in [-0.4, -0.2) is 52.4 Å². The Morgan fingerprint density at radius 3 is 2.42 bits per heavy atom. The molecule has 0 fully saturated rings. The van der Waals surface area contributed by atoms with Crippen LogP contribution in [0.25, 0.3) is 11.3 Å². The fourth-order valence-electron chi connectivity index (χ4n) is 4.91. The molecule has 2 aromatic carbocycles. The van der Waals surface area contributed by atoms with Gasteiger partial charge in [-0.15, -0.1) is 0 Å². The van der Waals surface area contributed by atoms with Crippen molar-refractivity contribution < 1.29 is 42.7 Å². The van der Waals surface area contributed by atoms with E-state index >= 15 is 0 Å². The van der Waals surface area contributed by atoms with E-state index in [9.17, 15) is 28.7 Å². The normalized spacial score (nSPS) is 12.6. The number of unbranched alkanes of at least 4 members (excludes halogenated alkanes) is 2. The summed E-state index contributed by atoms with van der Waals surface area (Å²) in [5, 5.41) is 6.35. The molecule has 0 aliphatic rings. The molecule has 45 heavy (non-hydrogen) atoms. The second-order valence-corrected chi connectivity index (χ2v) is 11.9. The SMILES string of the molecule is CCCCC[C@@H](C(=O)NCNC(=O)c1ccc(-c2ccc(P(=O)(O)O)c(OCC)c2)o1)[C@@H](CC)N(C=O)OCc1ccccc1. The maximum atomic E-state index is 13.4. The Kier molecular flexibility index (Phi) is 13.8. The average molecular weight is 644 g/mol. The number of benzene rings is 2. The lowest BCUT2D eigenvalue weighted by Crippen LogP contribution is -2.48. The van der Waals surface area contributed by atoms with Crippen molar-refractivity contribution in [3.8, 4) is 17.1 Å². The van der Waals surface area contributed by atoms with Crippen LogP contribution >= 0.6 is 7.60 Å². The molecule has 3 amide bonds. The van der Waals surface area contributed by atoms with Gasteiger partial charge >= 0.3 is 7.60 Å². The number of furan rings is 1. The number of hydrogen-bond donors (Lipinski definition) is 4. The lowest BCUT2D eigenvalue weighted by molar-refractivity contribution is -0.200. The third-order valence-corrected chi connectivity index (χ3v) is 8.19. The van der Waals surface area contributed by atoms with E-state index in [0.29, 0.717) is 24.8 Å². The van der Waals surface area contributed by atoms with E-state index < -0.39 is 25.5 Å². The van der Waals surface area contributed by atoms with Gasteiger partial charge in [-0.25, -0.2) is 5.06 Å². The van der Waals surface area contributed by atoms with Crippen LogP contribution in [0.5, 0.6) is 5.75 Å². The van der Waals surface area contributed by atoms with Crippen molar-refractivity contribution >= 4 is 31.1 Å². The Bertz CT molecular complexity index is 1440. The molecule has 2 atom stereocenters. The second kappa shape index (κ2) is 17.5. The van der Waals surface area contributed by atoms with Gasteiger partial charge in [0.15, 0.2) is 5.76 Å². The van der Waals surface area contributed by atoms with Crippen LogP contribution in [0.15, 0.2) is 65.1 Å². The number of carbonyl (C=O) groups is 3. The highest BCUT2D eigenvalue weighted by Gasteiger charge is 2.32. The van der Waals surface area contributed by atoms with E-state index in [1.54, 1.807) is 13.0 Å². The maximum Gasteiger partial charge on any atom is 0.359 e. The molecule has 12 nitrogen and oxygen atoms in total. The Hall–Kier alpha value is -3.96. The molecule has 0 aliphatic carbocycles. The molecule has 0 radical (unpaired) electrons. The van der Waals surface area contributed by atoms with Gasteiger partial charge in [0.1, 0.15) is 23.4 Å². The van der Waals surface area contributed by atoms with E-state index in [0.717, 1.165) is 24.8 Å². The summed E-state index contributed by atoms with van der Waals surface area (Å²) in [7, 11) is -4.56. The summed E-state index contributed by atoms with van der Waals surface area (Å²) in [6.07, 6.45) is 4.31. The van der Waals surface area contributed by atoms with Crippen molar-refractivity contribution in [2.24, 2.45) is 5.92 Å². The number of nitrogens with zero attached hydrogens (tertiary/aromatic N) is 1. The lowest BCUT2D eigenvalue weighted by Gasteiger charge is -2.32. The predicted molar refractivity (Wildman–Crippen MR) is 168 cm³/mol. The van der Waals surface area contributed by atoms with Crippen LogP contribution in [0, 0.1) is 5.92 Å². The van der Waals surface area contributed by atoms with E-state index in [2.05, 4.69) is 17.6 Å². The molecule has 3 rings (SSSR count). The Morgan fingerprint density at radius 2 is 1.78 bits per heavy atom.